The first-order valence-corrected chi connectivity index (χ1v) is 13.1. The van der Waals surface area contributed by atoms with E-state index in [1.165, 1.54) is 25.4 Å². The molecule has 0 atom stereocenters. The van der Waals surface area contributed by atoms with Crippen molar-refractivity contribution in [2.75, 3.05) is 17.7 Å². The Bertz CT molecular complexity index is 1620. The fourth-order valence-corrected chi connectivity index (χ4v) is 4.07. The third kappa shape index (κ3) is 7.05. The summed E-state index contributed by atoms with van der Waals surface area (Å²) in [5, 5.41) is 17.3. The van der Waals surface area contributed by atoms with Gasteiger partial charge in [0.2, 0.25) is 5.75 Å². The summed E-state index contributed by atoms with van der Waals surface area (Å²) in [6, 6.07) is 16.9. The van der Waals surface area contributed by atoms with Crippen molar-refractivity contribution in [2.24, 2.45) is 0 Å². The maximum atomic E-state index is 13.3. The molecule has 0 fully saturated rings. The number of carbonyl (C=O) groups excluding carboxylic acids is 2. The van der Waals surface area contributed by atoms with Crippen molar-refractivity contribution in [1.29, 1.82) is 0 Å². The molecule has 2 aromatic heterocycles. The van der Waals surface area contributed by atoms with Crippen molar-refractivity contribution in [1.82, 2.24) is 9.97 Å². The Morgan fingerprint density at radius 3 is 2.24 bits per heavy atom. The summed E-state index contributed by atoms with van der Waals surface area (Å²) in [6.07, 6.45) is 3.11. The molecule has 2 aromatic carbocycles. The fraction of sp³-hybridized carbons (Fsp3) is 0.226. The highest BCUT2D eigenvalue weighted by Gasteiger charge is 2.28. The van der Waals surface area contributed by atoms with E-state index < -0.39 is 22.2 Å². The molecule has 2 amide bonds. The van der Waals surface area contributed by atoms with Crippen LogP contribution in [0.4, 0.5) is 17.1 Å². The van der Waals surface area contributed by atoms with Gasteiger partial charge in [0.15, 0.2) is 0 Å². The lowest BCUT2D eigenvalue weighted by molar-refractivity contribution is -0.385. The van der Waals surface area contributed by atoms with Crippen LogP contribution >= 0.6 is 0 Å². The van der Waals surface area contributed by atoms with Crippen LogP contribution in [-0.2, 0) is 12.0 Å². The number of benzene rings is 2. The average Bonchev–Trinajstić information content (AvgIpc) is 2.97. The number of amides is 2. The first-order valence-electron chi connectivity index (χ1n) is 13.1. The molecule has 4 rings (SSSR count). The minimum atomic E-state index is -0.639. The number of nitro groups is 1. The summed E-state index contributed by atoms with van der Waals surface area (Å²) < 4.78 is 11.0. The highest BCUT2D eigenvalue weighted by Crippen LogP contribution is 2.37. The molecule has 11 nitrogen and oxygen atoms in total. The van der Waals surface area contributed by atoms with E-state index in [4.69, 9.17) is 9.47 Å². The van der Waals surface area contributed by atoms with Gasteiger partial charge in [0.1, 0.15) is 12.4 Å². The van der Waals surface area contributed by atoms with Crippen LogP contribution in [0.3, 0.4) is 0 Å². The highest BCUT2D eigenvalue weighted by atomic mass is 16.6. The second-order valence-electron chi connectivity index (χ2n) is 10.5. The quantitative estimate of drug-likeness (QED) is 0.182. The Hall–Kier alpha value is -5.32. The van der Waals surface area contributed by atoms with Crippen LogP contribution in [0.1, 0.15) is 58.4 Å². The van der Waals surface area contributed by atoms with E-state index in [2.05, 4.69) is 20.6 Å². The number of aromatic nitrogens is 2. The number of nitro benzene ring substituents is 1. The zero-order chi connectivity index (χ0) is 30.4. The smallest absolute Gasteiger partial charge is 0.312 e. The van der Waals surface area contributed by atoms with E-state index >= 15 is 0 Å². The SMILES string of the molecule is COc1c(C(=O)Nc2cnc(C)c(C(=O)Nc3ccc(OCc4ccccn4)cc3)c2)cc(C(C)(C)C)cc1[N+](=O)[O-]. The molecule has 0 aliphatic rings. The predicted molar refractivity (Wildman–Crippen MR) is 158 cm³/mol. The van der Waals surface area contributed by atoms with Crippen molar-refractivity contribution in [3.05, 3.63) is 111 Å². The Kier molecular flexibility index (Phi) is 8.80. The van der Waals surface area contributed by atoms with E-state index in [1.807, 2.05) is 39.0 Å². The Balaban J connectivity index is 1.50. The second-order valence-corrected chi connectivity index (χ2v) is 10.5. The number of pyridine rings is 2. The maximum absolute atomic E-state index is 13.3. The van der Waals surface area contributed by atoms with Crippen LogP contribution in [0.15, 0.2) is 73.1 Å². The normalized spacial score (nSPS) is 11.0. The first-order chi connectivity index (χ1) is 20.0. The van der Waals surface area contributed by atoms with Crippen LogP contribution in [0.2, 0.25) is 0 Å². The molecule has 0 saturated heterocycles. The molecular weight excluding hydrogens is 538 g/mol. The molecule has 0 radical (unpaired) electrons. The molecule has 2 N–H and O–H groups in total. The molecule has 0 saturated carbocycles. The molecule has 4 aromatic rings. The molecule has 42 heavy (non-hydrogen) atoms. The van der Waals surface area contributed by atoms with Gasteiger partial charge in [-0.25, -0.2) is 0 Å². The maximum Gasteiger partial charge on any atom is 0.312 e. The van der Waals surface area contributed by atoms with Crippen LogP contribution in [0, 0.1) is 17.0 Å². The number of aryl methyl sites for hydroxylation is 1. The summed E-state index contributed by atoms with van der Waals surface area (Å²) in [5.41, 5.74) is 2.06. The third-order valence-electron chi connectivity index (χ3n) is 6.40. The number of methoxy groups -OCH3 is 1. The topological polar surface area (TPSA) is 146 Å². The Morgan fingerprint density at radius 2 is 1.62 bits per heavy atom. The number of hydrogen-bond acceptors (Lipinski definition) is 8. The molecule has 0 aliphatic heterocycles. The van der Waals surface area contributed by atoms with Crippen LogP contribution in [-0.4, -0.2) is 33.8 Å². The van der Waals surface area contributed by atoms with Crippen LogP contribution in [0.25, 0.3) is 0 Å². The zero-order valence-electron chi connectivity index (χ0n) is 23.9. The minimum absolute atomic E-state index is 0.00597. The lowest BCUT2D eigenvalue weighted by atomic mass is 9.85. The van der Waals surface area contributed by atoms with E-state index in [0.29, 0.717) is 29.3 Å². The van der Waals surface area contributed by atoms with Gasteiger partial charge < -0.3 is 20.1 Å². The summed E-state index contributed by atoms with van der Waals surface area (Å²) in [6.45, 7) is 7.65. The average molecular weight is 570 g/mol. The summed E-state index contributed by atoms with van der Waals surface area (Å²) in [5.74, 6) is -0.607. The molecule has 0 spiro atoms. The molecule has 0 unspecified atom stereocenters. The molecule has 0 bridgehead atoms. The fourth-order valence-electron chi connectivity index (χ4n) is 4.07. The predicted octanol–water partition coefficient (Wildman–Crippen LogP) is 6.08. The number of carbonyl (C=O) groups is 2. The summed E-state index contributed by atoms with van der Waals surface area (Å²) in [4.78, 5) is 46.1. The van der Waals surface area contributed by atoms with Crippen molar-refractivity contribution < 1.29 is 24.0 Å². The second kappa shape index (κ2) is 12.5. The monoisotopic (exact) mass is 569 g/mol. The van der Waals surface area contributed by atoms with Crippen molar-refractivity contribution in [3.63, 3.8) is 0 Å². The van der Waals surface area contributed by atoms with Gasteiger partial charge in [-0.1, -0.05) is 26.8 Å². The van der Waals surface area contributed by atoms with Gasteiger partial charge >= 0.3 is 5.69 Å². The standard InChI is InChI=1S/C31H31N5O6/c1-19-25(29(37)34-21-9-11-24(12-10-21)42-18-22-8-6-7-13-32-22)16-23(17-33-19)35-30(38)26-14-20(31(2,3)4)15-27(36(39)40)28(26)41-5/h6-17H,18H2,1-5H3,(H,34,37)(H,35,38). The lowest BCUT2D eigenvalue weighted by Gasteiger charge is -2.21. The lowest BCUT2D eigenvalue weighted by Crippen LogP contribution is -2.19. The Labute approximate surface area is 243 Å². The summed E-state index contributed by atoms with van der Waals surface area (Å²) in [7, 11) is 1.27. The molecule has 2 heterocycles. The minimum Gasteiger partial charge on any atom is -0.490 e. The van der Waals surface area contributed by atoms with E-state index in [1.54, 1.807) is 43.5 Å². The number of hydrogen-bond donors (Lipinski definition) is 2. The molecule has 0 aliphatic carbocycles. The number of nitrogens with zero attached hydrogens (tertiary/aromatic N) is 3. The van der Waals surface area contributed by atoms with Gasteiger partial charge in [-0.05, 0) is 66.4 Å². The first kappa shape index (κ1) is 29.7. The third-order valence-corrected chi connectivity index (χ3v) is 6.40. The number of anilines is 2. The van der Waals surface area contributed by atoms with E-state index in [-0.39, 0.29) is 28.3 Å². The van der Waals surface area contributed by atoms with Gasteiger partial charge in [-0.3, -0.25) is 29.7 Å². The highest BCUT2D eigenvalue weighted by molar-refractivity contribution is 6.09. The Morgan fingerprint density at radius 1 is 0.929 bits per heavy atom. The van der Waals surface area contributed by atoms with Gasteiger partial charge in [-0.15, -0.1) is 0 Å². The number of rotatable bonds is 9. The zero-order valence-corrected chi connectivity index (χ0v) is 23.9. The van der Waals surface area contributed by atoms with E-state index in [9.17, 15) is 19.7 Å². The van der Waals surface area contributed by atoms with Crippen LogP contribution in [0.5, 0.6) is 11.5 Å². The molecule has 216 valence electrons. The van der Waals surface area contributed by atoms with Gasteiger partial charge in [0, 0.05) is 18.0 Å². The van der Waals surface area contributed by atoms with Gasteiger partial charge in [0.05, 0.1) is 46.4 Å². The van der Waals surface area contributed by atoms with Crippen molar-refractivity contribution in [3.8, 4) is 11.5 Å². The number of nitrogens with one attached hydrogen (secondary N) is 2. The van der Waals surface area contributed by atoms with E-state index in [0.717, 1.165) is 5.69 Å². The largest absolute Gasteiger partial charge is 0.490 e. The van der Waals surface area contributed by atoms with Crippen molar-refractivity contribution in [2.45, 2.75) is 39.7 Å². The summed E-state index contributed by atoms with van der Waals surface area (Å²) >= 11 is 0. The van der Waals surface area contributed by atoms with Crippen LogP contribution < -0.4 is 20.1 Å². The molecular formula is C31H31N5O6. The molecule has 11 heteroatoms. The van der Waals surface area contributed by atoms with Crippen molar-refractivity contribution >= 4 is 28.9 Å². The number of ether oxygens (including phenoxy) is 2. The van der Waals surface area contributed by atoms with Gasteiger partial charge in [-0.2, -0.15) is 0 Å². The van der Waals surface area contributed by atoms with Gasteiger partial charge in [0.25, 0.3) is 11.8 Å².